The summed E-state index contributed by atoms with van der Waals surface area (Å²) in [5.41, 5.74) is 3.08. The smallest absolute Gasteiger partial charge is 0.240 e. The summed E-state index contributed by atoms with van der Waals surface area (Å²) in [6.07, 6.45) is 2.68. The minimum atomic E-state index is -0.313. The Kier molecular flexibility index (Phi) is 6.13. The van der Waals surface area contributed by atoms with Crippen LogP contribution in [-0.2, 0) is 17.8 Å². The second-order valence-electron chi connectivity index (χ2n) is 7.56. The molecule has 2 atom stereocenters. The first-order valence-electron chi connectivity index (χ1n) is 10.3. The normalized spacial score (nSPS) is 16.1. The fraction of sp³-hybridized carbons (Fsp3) is 0.292. The molecule has 2 heterocycles. The number of rotatable bonds is 7. The van der Waals surface area contributed by atoms with Crippen molar-refractivity contribution in [3.63, 3.8) is 0 Å². The molecule has 0 aliphatic carbocycles. The third-order valence-electron chi connectivity index (χ3n) is 5.45. The summed E-state index contributed by atoms with van der Waals surface area (Å²) in [5.74, 6) is 1.50. The van der Waals surface area contributed by atoms with E-state index < -0.39 is 0 Å². The monoisotopic (exact) mass is 434 g/mol. The van der Waals surface area contributed by atoms with E-state index in [-0.39, 0.29) is 17.2 Å². The van der Waals surface area contributed by atoms with Crippen LogP contribution in [0.25, 0.3) is 11.4 Å². The molecule has 4 rings (SSSR count). The molecule has 160 valence electrons. The maximum Gasteiger partial charge on any atom is 0.240 e. The zero-order valence-corrected chi connectivity index (χ0v) is 18.8. The van der Waals surface area contributed by atoms with E-state index in [2.05, 4.69) is 29.8 Å². The van der Waals surface area contributed by atoms with Crippen LogP contribution in [0.2, 0.25) is 0 Å². The summed E-state index contributed by atoms with van der Waals surface area (Å²) in [6.45, 7) is 8.43. The van der Waals surface area contributed by atoms with Crippen molar-refractivity contribution in [2.75, 3.05) is 12.0 Å². The number of methoxy groups -OCH3 is 1. The average Bonchev–Trinajstić information content (AvgIpc) is 3.33. The molecule has 7 heteroatoms. The molecule has 0 N–H and O–H groups in total. The Morgan fingerprint density at radius 3 is 2.77 bits per heavy atom. The number of thioether (sulfide) groups is 1. The highest BCUT2D eigenvalue weighted by molar-refractivity contribution is 8.00. The molecule has 1 aromatic heterocycles. The van der Waals surface area contributed by atoms with Gasteiger partial charge in [0.15, 0.2) is 11.0 Å². The van der Waals surface area contributed by atoms with E-state index in [0.29, 0.717) is 17.5 Å². The lowest BCUT2D eigenvalue weighted by atomic mass is 10.1. The third-order valence-corrected chi connectivity index (χ3v) is 6.52. The Morgan fingerprint density at radius 1 is 1.26 bits per heavy atom. The SMILES string of the molecule is C=CCn1c(SC(C)C(=O)N2c3ccccc3CC2C)nnc1-c1ccccc1OC. The molecule has 6 nitrogen and oxygen atoms in total. The van der Waals surface area contributed by atoms with Gasteiger partial charge >= 0.3 is 0 Å². The number of aromatic nitrogens is 3. The fourth-order valence-corrected chi connectivity index (χ4v) is 4.91. The van der Waals surface area contributed by atoms with Crippen LogP contribution in [0.1, 0.15) is 19.4 Å². The first-order valence-corrected chi connectivity index (χ1v) is 11.2. The maximum atomic E-state index is 13.4. The van der Waals surface area contributed by atoms with E-state index in [1.807, 2.05) is 58.9 Å². The lowest BCUT2D eigenvalue weighted by Crippen LogP contribution is -2.40. The molecule has 1 aliphatic heterocycles. The number of nitrogens with zero attached hydrogens (tertiary/aromatic N) is 4. The molecule has 0 fully saturated rings. The molecule has 31 heavy (non-hydrogen) atoms. The van der Waals surface area contributed by atoms with Crippen LogP contribution in [0, 0.1) is 0 Å². The van der Waals surface area contributed by atoms with Gasteiger partial charge in [-0.2, -0.15) is 0 Å². The quantitative estimate of drug-likeness (QED) is 0.402. The van der Waals surface area contributed by atoms with Crippen LogP contribution in [0.4, 0.5) is 5.69 Å². The Labute approximate surface area is 186 Å². The van der Waals surface area contributed by atoms with Crippen molar-refractivity contribution in [3.05, 3.63) is 66.7 Å². The van der Waals surface area contributed by atoms with Gasteiger partial charge in [-0.05, 0) is 44.0 Å². The highest BCUT2D eigenvalue weighted by atomic mass is 32.2. The van der Waals surface area contributed by atoms with Gasteiger partial charge in [-0.1, -0.05) is 48.2 Å². The van der Waals surface area contributed by atoms with Gasteiger partial charge in [-0.15, -0.1) is 16.8 Å². The van der Waals surface area contributed by atoms with Gasteiger partial charge in [0.05, 0.1) is 17.9 Å². The highest BCUT2D eigenvalue weighted by Gasteiger charge is 2.34. The molecule has 1 amide bonds. The number of ether oxygens (including phenoxy) is 1. The molecule has 0 saturated heterocycles. The van der Waals surface area contributed by atoms with Crippen molar-refractivity contribution in [2.45, 2.75) is 43.3 Å². The van der Waals surface area contributed by atoms with E-state index >= 15 is 0 Å². The van der Waals surface area contributed by atoms with Gasteiger partial charge in [0, 0.05) is 18.3 Å². The van der Waals surface area contributed by atoms with Crippen molar-refractivity contribution in [3.8, 4) is 17.1 Å². The zero-order valence-electron chi connectivity index (χ0n) is 18.0. The number of carbonyl (C=O) groups is 1. The van der Waals surface area contributed by atoms with E-state index in [9.17, 15) is 4.79 Å². The third kappa shape index (κ3) is 3.97. The molecule has 3 aromatic rings. The average molecular weight is 435 g/mol. The van der Waals surface area contributed by atoms with Crippen molar-refractivity contribution in [1.29, 1.82) is 0 Å². The topological polar surface area (TPSA) is 60.2 Å². The predicted molar refractivity (Wildman–Crippen MR) is 125 cm³/mol. The first-order chi connectivity index (χ1) is 15.0. The molecular weight excluding hydrogens is 408 g/mol. The largest absolute Gasteiger partial charge is 0.496 e. The van der Waals surface area contributed by atoms with Gasteiger partial charge in [-0.3, -0.25) is 9.36 Å². The van der Waals surface area contributed by atoms with Crippen LogP contribution in [-0.4, -0.2) is 39.1 Å². The summed E-state index contributed by atoms with van der Waals surface area (Å²) in [6, 6.07) is 16.0. The number of carbonyl (C=O) groups excluding carboxylic acids is 1. The number of anilines is 1. The van der Waals surface area contributed by atoms with E-state index in [1.54, 1.807) is 13.2 Å². The minimum absolute atomic E-state index is 0.0782. The van der Waals surface area contributed by atoms with Crippen LogP contribution < -0.4 is 9.64 Å². The number of hydrogen-bond acceptors (Lipinski definition) is 5. The number of hydrogen-bond donors (Lipinski definition) is 0. The molecule has 2 unspecified atom stereocenters. The summed E-state index contributed by atoms with van der Waals surface area (Å²) in [4.78, 5) is 15.3. The summed E-state index contributed by atoms with van der Waals surface area (Å²) < 4.78 is 7.47. The van der Waals surface area contributed by atoms with E-state index in [0.717, 1.165) is 23.4 Å². The second kappa shape index (κ2) is 8.98. The van der Waals surface area contributed by atoms with Crippen molar-refractivity contribution in [1.82, 2.24) is 14.8 Å². The van der Waals surface area contributed by atoms with Gasteiger partial charge in [0.1, 0.15) is 5.75 Å². The molecule has 0 saturated carbocycles. The standard InChI is InChI=1S/C24H26N4O2S/c1-5-14-27-22(19-11-7-9-13-21(19)30-4)25-26-24(27)31-17(3)23(29)28-16(2)15-18-10-6-8-12-20(18)28/h5-13,16-17H,1,14-15H2,2-4H3. The lowest BCUT2D eigenvalue weighted by molar-refractivity contribution is -0.118. The number of amides is 1. The van der Waals surface area contributed by atoms with Crippen LogP contribution in [0.15, 0.2) is 66.3 Å². The number of benzene rings is 2. The molecule has 0 spiro atoms. The van der Waals surface area contributed by atoms with Crippen LogP contribution in [0.5, 0.6) is 5.75 Å². The highest BCUT2D eigenvalue weighted by Crippen LogP contribution is 2.36. The molecule has 2 aromatic carbocycles. The molecule has 1 aliphatic rings. The fourth-order valence-electron chi connectivity index (χ4n) is 4.00. The second-order valence-corrected chi connectivity index (χ2v) is 8.86. The first kappa shape index (κ1) is 21.2. The van der Waals surface area contributed by atoms with E-state index in [1.165, 1.54) is 17.3 Å². The Hall–Kier alpha value is -3.06. The Morgan fingerprint density at radius 2 is 2.00 bits per heavy atom. The minimum Gasteiger partial charge on any atom is -0.496 e. The maximum absolute atomic E-state index is 13.4. The molecule has 0 bridgehead atoms. The predicted octanol–water partition coefficient (Wildman–Crippen LogP) is 4.60. The number of fused-ring (bicyclic) bond motifs is 1. The zero-order chi connectivity index (χ0) is 22.0. The van der Waals surface area contributed by atoms with Crippen molar-refractivity contribution in [2.24, 2.45) is 0 Å². The summed E-state index contributed by atoms with van der Waals surface area (Å²) in [7, 11) is 1.64. The van der Waals surface area contributed by atoms with Crippen LogP contribution in [0.3, 0.4) is 0 Å². The lowest BCUT2D eigenvalue weighted by Gasteiger charge is -2.25. The number of allylic oxidation sites excluding steroid dienone is 1. The molecule has 0 radical (unpaired) electrons. The summed E-state index contributed by atoms with van der Waals surface area (Å²) in [5, 5.41) is 9.18. The van der Waals surface area contributed by atoms with Gasteiger partial charge in [-0.25, -0.2) is 0 Å². The van der Waals surface area contributed by atoms with Gasteiger partial charge in [0.2, 0.25) is 5.91 Å². The van der Waals surface area contributed by atoms with Crippen molar-refractivity contribution < 1.29 is 9.53 Å². The Balaban J connectivity index is 1.61. The van der Waals surface area contributed by atoms with Crippen molar-refractivity contribution >= 4 is 23.4 Å². The van der Waals surface area contributed by atoms with Crippen LogP contribution >= 0.6 is 11.8 Å². The number of para-hydroxylation sites is 2. The Bertz CT molecular complexity index is 1110. The van der Waals surface area contributed by atoms with E-state index in [4.69, 9.17) is 4.74 Å². The van der Waals surface area contributed by atoms with Gasteiger partial charge < -0.3 is 9.64 Å². The summed E-state index contributed by atoms with van der Waals surface area (Å²) >= 11 is 1.42. The molecular formula is C24H26N4O2S. The van der Waals surface area contributed by atoms with Gasteiger partial charge in [0.25, 0.3) is 0 Å².